The molecule has 0 atom stereocenters. The number of ether oxygens (including phenoxy) is 1. The Labute approximate surface area is 183 Å². The van der Waals surface area contributed by atoms with Crippen molar-refractivity contribution < 1.29 is 4.74 Å². The molecule has 2 heterocycles. The van der Waals surface area contributed by atoms with Gasteiger partial charge in [-0.05, 0) is 42.0 Å². The molecule has 29 heavy (non-hydrogen) atoms. The van der Waals surface area contributed by atoms with Crippen molar-refractivity contribution in [1.82, 2.24) is 9.97 Å². The summed E-state index contributed by atoms with van der Waals surface area (Å²) in [4.78, 5) is 19.4. The predicted molar refractivity (Wildman–Crippen MR) is 121 cm³/mol. The van der Waals surface area contributed by atoms with Gasteiger partial charge in [-0.1, -0.05) is 29.3 Å². The second-order valence-corrected chi connectivity index (χ2v) is 8.57. The Hall–Kier alpha value is -1.74. The summed E-state index contributed by atoms with van der Waals surface area (Å²) in [5.74, 6) is 2.55. The number of benzene rings is 1. The molecule has 0 aliphatic carbocycles. The fourth-order valence-corrected chi connectivity index (χ4v) is 4.31. The third kappa shape index (κ3) is 6.37. The molecule has 1 aromatic carbocycles. The molecule has 0 bridgehead atoms. The summed E-state index contributed by atoms with van der Waals surface area (Å²) >= 11 is 13.9. The smallest absolute Gasteiger partial charge is 0.276 e. The molecule has 0 radical (unpaired) electrons. The number of nitrogens with zero attached hydrogens (tertiary/aromatic N) is 1. The minimum atomic E-state index is -0.343. The molecule has 3 rings (SSSR count). The van der Waals surface area contributed by atoms with Crippen LogP contribution in [0.25, 0.3) is 0 Å². The van der Waals surface area contributed by atoms with E-state index in [1.165, 1.54) is 0 Å². The van der Waals surface area contributed by atoms with Crippen LogP contribution < -0.4 is 16.2 Å². The minimum absolute atomic E-state index is 0.263. The molecule has 7 nitrogen and oxygen atoms in total. The molecular weight excluding hydrogens is 433 g/mol. The second-order valence-electron chi connectivity index (χ2n) is 6.53. The highest BCUT2D eigenvalue weighted by molar-refractivity contribution is 7.99. The molecule has 1 saturated heterocycles. The maximum Gasteiger partial charge on any atom is 0.276 e. The van der Waals surface area contributed by atoms with Crippen LogP contribution in [0.1, 0.15) is 24.1 Å². The van der Waals surface area contributed by atoms with E-state index >= 15 is 0 Å². The second kappa shape index (κ2) is 10.9. The quantitative estimate of drug-likeness (QED) is 0.336. The maximum atomic E-state index is 12.4. The summed E-state index contributed by atoms with van der Waals surface area (Å²) in [5, 5.41) is 14.6. The average Bonchev–Trinajstić information content (AvgIpc) is 2.73. The van der Waals surface area contributed by atoms with Gasteiger partial charge in [0.05, 0.1) is 22.8 Å². The summed E-state index contributed by atoms with van der Waals surface area (Å²) in [6.45, 7) is 1.38. The van der Waals surface area contributed by atoms with Crippen LogP contribution in [-0.2, 0) is 11.3 Å². The van der Waals surface area contributed by atoms with Gasteiger partial charge in [-0.2, -0.15) is 11.8 Å². The number of hydrogen-bond acceptors (Lipinski definition) is 7. The Bertz CT molecular complexity index is 903. The normalized spacial score (nSPS) is 14.6. The Morgan fingerprint density at radius 2 is 2.07 bits per heavy atom. The van der Waals surface area contributed by atoms with Crippen LogP contribution in [-0.4, -0.2) is 46.9 Å². The van der Waals surface area contributed by atoms with Crippen LogP contribution in [0.2, 0.25) is 10.0 Å². The first kappa shape index (κ1) is 22.0. The first-order valence-corrected chi connectivity index (χ1v) is 11.2. The maximum absolute atomic E-state index is 12.4. The van der Waals surface area contributed by atoms with Crippen LogP contribution in [0.3, 0.4) is 0 Å². The lowest BCUT2D eigenvalue weighted by Gasteiger charge is -2.21. The lowest BCUT2D eigenvalue weighted by molar-refractivity contribution is 0.0551. The first-order valence-electron chi connectivity index (χ1n) is 9.32. The summed E-state index contributed by atoms with van der Waals surface area (Å²) in [5.41, 5.74) is 1.07. The van der Waals surface area contributed by atoms with Crippen LogP contribution in [0.5, 0.6) is 0 Å². The molecule has 0 saturated carbocycles. The van der Waals surface area contributed by atoms with E-state index in [0.717, 1.165) is 36.1 Å². The average molecular weight is 456 g/mol. The molecule has 1 fully saturated rings. The molecule has 156 valence electrons. The lowest BCUT2D eigenvalue weighted by Crippen LogP contribution is -2.25. The number of thioether (sulfide) groups is 1. The SMILES string of the molecule is N=Cc1nc(NCc2ccc(Cl)c(Cl)c2)[nH]c(=O)c1NCCOC1CCSCC1. The van der Waals surface area contributed by atoms with Gasteiger partial charge in [0, 0.05) is 19.3 Å². The zero-order chi connectivity index (χ0) is 20.6. The van der Waals surface area contributed by atoms with Gasteiger partial charge in [0.15, 0.2) is 0 Å². The fourth-order valence-electron chi connectivity index (χ4n) is 2.93. The highest BCUT2D eigenvalue weighted by Gasteiger charge is 2.14. The number of nitrogens with one attached hydrogen (secondary N) is 4. The van der Waals surface area contributed by atoms with Crippen LogP contribution in [0.4, 0.5) is 11.6 Å². The van der Waals surface area contributed by atoms with Crippen molar-refractivity contribution in [3.8, 4) is 0 Å². The summed E-state index contributed by atoms with van der Waals surface area (Å²) in [6, 6.07) is 5.28. The molecule has 0 amide bonds. The molecule has 0 spiro atoms. The third-order valence-corrected chi connectivity index (χ3v) is 6.24. The Morgan fingerprint density at radius 1 is 1.28 bits per heavy atom. The Balaban J connectivity index is 1.57. The van der Waals surface area contributed by atoms with Crippen molar-refractivity contribution >= 4 is 52.8 Å². The third-order valence-electron chi connectivity index (χ3n) is 4.45. The minimum Gasteiger partial charge on any atom is -0.376 e. The molecule has 2 aromatic rings. The molecule has 1 aromatic heterocycles. The highest BCUT2D eigenvalue weighted by Crippen LogP contribution is 2.23. The largest absolute Gasteiger partial charge is 0.376 e. The van der Waals surface area contributed by atoms with Crippen molar-refractivity contribution in [3.05, 3.63) is 49.9 Å². The summed E-state index contributed by atoms with van der Waals surface area (Å²) < 4.78 is 5.85. The van der Waals surface area contributed by atoms with Gasteiger partial charge in [0.25, 0.3) is 5.56 Å². The number of H-pyrrole nitrogens is 1. The Morgan fingerprint density at radius 3 is 2.79 bits per heavy atom. The van der Waals surface area contributed by atoms with E-state index in [9.17, 15) is 4.79 Å². The topological polar surface area (TPSA) is 103 Å². The first-order chi connectivity index (χ1) is 14.1. The van der Waals surface area contributed by atoms with Crippen LogP contribution in [0, 0.1) is 5.41 Å². The van der Waals surface area contributed by atoms with E-state index in [1.54, 1.807) is 12.1 Å². The van der Waals surface area contributed by atoms with Gasteiger partial charge in [0.2, 0.25) is 5.95 Å². The van der Waals surface area contributed by atoms with E-state index in [4.69, 9.17) is 33.3 Å². The van der Waals surface area contributed by atoms with Crippen molar-refractivity contribution in [2.24, 2.45) is 0 Å². The van der Waals surface area contributed by atoms with E-state index in [2.05, 4.69) is 20.6 Å². The van der Waals surface area contributed by atoms with E-state index in [-0.39, 0.29) is 22.9 Å². The fraction of sp³-hybridized carbons (Fsp3) is 0.421. The Kier molecular flexibility index (Phi) is 8.23. The number of hydrogen-bond donors (Lipinski definition) is 4. The summed E-state index contributed by atoms with van der Waals surface area (Å²) in [6.07, 6.45) is 3.49. The number of aromatic nitrogens is 2. The van der Waals surface area contributed by atoms with Gasteiger partial charge in [0.1, 0.15) is 11.4 Å². The molecule has 0 unspecified atom stereocenters. The molecular formula is C19H23Cl2N5O2S. The van der Waals surface area contributed by atoms with E-state index in [0.29, 0.717) is 35.8 Å². The van der Waals surface area contributed by atoms with E-state index in [1.807, 2.05) is 17.8 Å². The standard InChI is InChI=1S/C19H23Cl2N5O2S/c20-14-2-1-12(9-15(14)21)11-24-19-25-16(10-22)17(18(27)26-19)23-5-6-28-13-3-7-29-8-4-13/h1-2,9-10,13,22-23H,3-8,11H2,(H2,24,25,26,27). The molecule has 10 heteroatoms. The summed E-state index contributed by atoms with van der Waals surface area (Å²) in [7, 11) is 0. The van der Waals surface area contributed by atoms with Gasteiger partial charge in [-0.15, -0.1) is 0 Å². The number of halogens is 2. The van der Waals surface area contributed by atoms with Crippen molar-refractivity contribution in [2.45, 2.75) is 25.5 Å². The zero-order valence-corrected chi connectivity index (χ0v) is 18.1. The van der Waals surface area contributed by atoms with E-state index < -0.39 is 0 Å². The molecule has 4 N–H and O–H groups in total. The van der Waals surface area contributed by atoms with Crippen molar-refractivity contribution in [2.75, 3.05) is 35.3 Å². The van der Waals surface area contributed by atoms with Gasteiger partial charge < -0.3 is 20.8 Å². The van der Waals surface area contributed by atoms with Gasteiger partial charge >= 0.3 is 0 Å². The lowest BCUT2D eigenvalue weighted by atomic mass is 10.2. The van der Waals surface area contributed by atoms with Crippen molar-refractivity contribution in [3.63, 3.8) is 0 Å². The van der Waals surface area contributed by atoms with Crippen LogP contribution in [0.15, 0.2) is 23.0 Å². The van der Waals surface area contributed by atoms with Gasteiger partial charge in [-0.25, -0.2) is 4.98 Å². The zero-order valence-electron chi connectivity index (χ0n) is 15.8. The molecule has 1 aliphatic heterocycles. The molecule has 1 aliphatic rings. The van der Waals surface area contributed by atoms with Gasteiger partial charge in [-0.3, -0.25) is 9.78 Å². The highest BCUT2D eigenvalue weighted by atomic mass is 35.5. The number of rotatable bonds is 9. The van der Waals surface area contributed by atoms with Crippen molar-refractivity contribution in [1.29, 1.82) is 5.41 Å². The predicted octanol–water partition coefficient (Wildman–Crippen LogP) is 4.01. The monoisotopic (exact) mass is 455 g/mol. The number of anilines is 2. The number of aromatic amines is 1. The van der Waals surface area contributed by atoms with Crippen LogP contribution >= 0.6 is 35.0 Å².